The van der Waals surface area contributed by atoms with Crippen LogP contribution < -0.4 is 10.4 Å². The molecule has 0 heterocycles. The van der Waals surface area contributed by atoms with E-state index in [2.05, 4.69) is 97.5 Å². The van der Waals surface area contributed by atoms with Crippen molar-refractivity contribution in [2.75, 3.05) is 26.2 Å². The molecule has 0 fully saturated rings. The number of hydrogen-bond donors (Lipinski definition) is 0. The van der Waals surface area contributed by atoms with Crippen LogP contribution in [0, 0.1) is 0 Å². The van der Waals surface area contributed by atoms with Gasteiger partial charge in [0.1, 0.15) is 0 Å². The van der Waals surface area contributed by atoms with Gasteiger partial charge in [-0.3, -0.25) is 0 Å². The van der Waals surface area contributed by atoms with Crippen molar-refractivity contribution in [3.05, 3.63) is 60.7 Å². The fourth-order valence-electron chi connectivity index (χ4n) is 4.70. The van der Waals surface area contributed by atoms with Crippen molar-refractivity contribution in [3.63, 3.8) is 0 Å². The summed E-state index contributed by atoms with van der Waals surface area (Å²) in [5, 5.41) is 3.11. The molecule has 0 saturated carbocycles. The minimum atomic E-state index is -2.29. The van der Waals surface area contributed by atoms with Crippen LogP contribution in [0.3, 0.4) is 0 Å². The first-order chi connectivity index (χ1) is 15.2. The van der Waals surface area contributed by atoms with Crippen LogP contribution in [-0.2, 0) is 0 Å². The van der Waals surface area contributed by atoms with Gasteiger partial charge in [-0.2, -0.15) is 0 Å². The summed E-state index contributed by atoms with van der Waals surface area (Å²) in [7, 11) is -2.29. The van der Waals surface area contributed by atoms with Crippen molar-refractivity contribution in [1.82, 2.24) is 9.13 Å². The molecule has 0 N–H and O–H groups in total. The molecule has 0 radical (unpaired) electrons. The first-order valence-corrected chi connectivity index (χ1v) is 14.8. The van der Waals surface area contributed by atoms with Crippen LogP contribution >= 0.6 is 0 Å². The molecule has 0 bridgehead atoms. The van der Waals surface area contributed by atoms with Crippen LogP contribution in [0.15, 0.2) is 60.7 Å². The molecule has 0 aliphatic rings. The Labute approximate surface area is 193 Å². The standard InChI is InChI=1S/C28H46N2Si/c1-5-9-23-29(24-10-6-2)31(27-19-15-13-16-20-27,28-21-17-14-18-22-28)30(25-11-7-3)26-12-8-4/h13-22H,5-12,23-26H2,1-4H3. The molecular weight excluding hydrogens is 392 g/mol. The molecule has 0 amide bonds. The molecule has 0 saturated heterocycles. The monoisotopic (exact) mass is 438 g/mol. The lowest BCUT2D eigenvalue weighted by Crippen LogP contribution is -2.79. The molecule has 2 rings (SSSR count). The van der Waals surface area contributed by atoms with Crippen molar-refractivity contribution in [3.8, 4) is 0 Å². The summed E-state index contributed by atoms with van der Waals surface area (Å²) in [5.74, 6) is 0. The molecular formula is C28H46N2Si. The minimum Gasteiger partial charge on any atom is -0.305 e. The highest BCUT2D eigenvalue weighted by Crippen LogP contribution is 2.21. The van der Waals surface area contributed by atoms with E-state index in [4.69, 9.17) is 0 Å². The second kappa shape index (κ2) is 14.6. The normalized spacial score (nSPS) is 12.1. The molecule has 0 unspecified atom stereocenters. The zero-order chi connectivity index (χ0) is 22.4. The molecule has 0 spiro atoms. The number of benzene rings is 2. The third kappa shape index (κ3) is 6.78. The summed E-state index contributed by atoms with van der Waals surface area (Å²) >= 11 is 0. The lowest BCUT2D eigenvalue weighted by Gasteiger charge is -2.50. The SMILES string of the molecule is CCCCN(CCCC)[Si](c1ccccc1)(c1ccccc1)N(CCCC)CCCC. The summed E-state index contributed by atoms with van der Waals surface area (Å²) in [4.78, 5) is 0. The molecule has 2 nitrogen and oxygen atoms in total. The van der Waals surface area contributed by atoms with Gasteiger partial charge in [0.2, 0.25) is 0 Å². The van der Waals surface area contributed by atoms with Crippen molar-refractivity contribution >= 4 is 18.8 Å². The van der Waals surface area contributed by atoms with Crippen molar-refractivity contribution in [1.29, 1.82) is 0 Å². The van der Waals surface area contributed by atoms with E-state index in [1.54, 1.807) is 10.4 Å². The van der Waals surface area contributed by atoms with Gasteiger partial charge in [-0.05, 0) is 62.2 Å². The summed E-state index contributed by atoms with van der Waals surface area (Å²) in [6, 6.07) is 23.1. The lowest BCUT2D eigenvalue weighted by molar-refractivity contribution is 0.320. The van der Waals surface area contributed by atoms with Crippen LogP contribution in [0.2, 0.25) is 0 Å². The topological polar surface area (TPSA) is 6.48 Å². The highest BCUT2D eigenvalue weighted by atomic mass is 28.3. The Bertz CT molecular complexity index is 611. The third-order valence-electron chi connectivity index (χ3n) is 6.39. The number of hydrogen-bond acceptors (Lipinski definition) is 2. The van der Waals surface area contributed by atoms with Crippen LogP contribution in [0.4, 0.5) is 0 Å². The van der Waals surface area contributed by atoms with Gasteiger partial charge in [0, 0.05) is 0 Å². The predicted octanol–water partition coefficient (Wildman–Crippen LogP) is 6.05. The van der Waals surface area contributed by atoms with Crippen molar-refractivity contribution in [2.24, 2.45) is 0 Å². The first-order valence-electron chi connectivity index (χ1n) is 12.9. The van der Waals surface area contributed by atoms with E-state index in [0.717, 1.165) is 0 Å². The average Bonchev–Trinajstić information content (AvgIpc) is 2.83. The quantitative estimate of drug-likeness (QED) is 0.294. The largest absolute Gasteiger partial charge is 0.305 e. The maximum absolute atomic E-state index is 2.95. The second-order valence-corrected chi connectivity index (χ2v) is 12.6. The highest BCUT2D eigenvalue weighted by Gasteiger charge is 2.48. The van der Waals surface area contributed by atoms with E-state index in [9.17, 15) is 0 Å². The molecule has 3 heteroatoms. The Morgan fingerprint density at radius 2 is 0.774 bits per heavy atom. The zero-order valence-electron chi connectivity index (χ0n) is 20.7. The minimum absolute atomic E-state index is 1.20. The van der Waals surface area contributed by atoms with Crippen molar-refractivity contribution in [2.45, 2.75) is 79.1 Å². The highest BCUT2D eigenvalue weighted by molar-refractivity contribution is 6.98. The van der Waals surface area contributed by atoms with Gasteiger partial charge in [-0.25, -0.2) is 0 Å². The second-order valence-electron chi connectivity index (χ2n) is 8.79. The van der Waals surface area contributed by atoms with Crippen molar-refractivity contribution < 1.29 is 0 Å². The van der Waals surface area contributed by atoms with Gasteiger partial charge in [0.25, 0.3) is 8.40 Å². The van der Waals surface area contributed by atoms with Crippen LogP contribution in [0.25, 0.3) is 0 Å². The average molecular weight is 439 g/mol. The van der Waals surface area contributed by atoms with E-state index < -0.39 is 8.40 Å². The number of unbranched alkanes of at least 4 members (excludes halogenated alkanes) is 4. The molecule has 0 aromatic heterocycles. The maximum atomic E-state index is 2.95. The summed E-state index contributed by atoms with van der Waals surface area (Å²) < 4.78 is 5.91. The van der Waals surface area contributed by atoms with E-state index in [-0.39, 0.29) is 0 Å². The lowest BCUT2D eigenvalue weighted by atomic mass is 10.3. The Hall–Kier alpha value is -1.42. The van der Waals surface area contributed by atoms with E-state index in [0.29, 0.717) is 0 Å². The molecule has 0 aliphatic carbocycles. The Morgan fingerprint density at radius 3 is 1.03 bits per heavy atom. The Morgan fingerprint density at radius 1 is 0.484 bits per heavy atom. The Balaban J connectivity index is 2.74. The van der Waals surface area contributed by atoms with Gasteiger partial charge < -0.3 is 9.13 Å². The number of nitrogens with zero attached hydrogens (tertiary/aromatic N) is 2. The van der Waals surface area contributed by atoms with Crippen LogP contribution in [-0.4, -0.2) is 43.7 Å². The predicted molar refractivity (Wildman–Crippen MR) is 141 cm³/mol. The summed E-state index contributed by atoms with van der Waals surface area (Å²) in [6.07, 6.45) is 10.1. The number of rotatable bonds is 16. The van der Waals surface area contributed by atoms with Gasteiger partial charge >= 0.3 is 0 Å². The molecule has 2 aromatic rings. The summed E-state index contributed by atoms with van der Waals surface area (Å²) in [5.41, 5.74) is 0. The van der Waals surface area contributed by atoms with Gasteiger partial charge in [-0.15, -0.1) is 0 Å². The van der Waals surface area contributed by atoms with E-state index in [1.165, 1.54) is 77.5 Å². The first kappa shape index (κ1) is 25.8. The van der Waals surface area contributed by atoms with E-state index in [1.807, 2.05) is 0 Å². The smallest absolute Gasteiger partial charge is 0.272 e. The molecule has 0 atom stereocenters. The molecule has 2 aromatic carbocycles. The van der Waals surface area contributed by atoms with Crippen LogP contribution in [0.1, 0.15) is 79.1 Å². The molecule has 31 heavy (non-hydrogen) atoms. The van der Waals surface area contributed by atoms with Gasteiger partial charge in [0.15, 0.2) is 0 Å². The van der Waals surface area contributed by atoms with Crippen LogP contribution in [0.5, 0.6) is 0 Å². The molecule has 0 aliphatic heterocycles. The molecule has 172 valence electrons. The Kier molecular flexibility index (Phi) is 12.2. The fraction of sp³-hybridized carbons (Fsp3) is 0.571. The van der Waals surface area contributed by atoms with E-state index >= 15 is 0 Å². The van der Waals surface area contributed by atoms with Gasteiger partial charge in [0.05, 0.1) is 0 Å². The summed E-state index contributed by atoms with van der Waals surface area (Å²) in [6.45, 7) is 14.1. The fourth-order valence-corrected chi connectivity index (χ4v) is 10.1. The van der Waals surface area contributed by atoms with Gasteiger partial charge in [-0.1, -0.05) is 114 Å². The third-order valence-corrected chi connectivity index (χ3v) is 11.4. The zero-order valence-corrected chi connectivity index (χ0v) is 21.7. The maximum Gasteiger partial charge on any atom is 0.272 e.